The number of nitrogens with zero attached hydrogens (tertiary/aromatic N) is 2. The predicted octanol–water partition coefficient (Wildman–Crippen LogP) is 2.33. The normalized spacial score (nSPS) is 11.9. The molecule has 0 unspecified atom stereocenters. The van der Waals surface area contributed by atoms with E-state index >= 15 is 0 Å². The number of aliphatic hydroxyl groups excluding tert-OH is 1. The summed E-state index contributed by atoms with van der Waals surface area (Å²) in [7, 11) is 1.53. The van der Waals surface area contributed by atoms with E-state index in [-0.39, 0.29) is 6.01 Å². The molecule has 1 heterocycles. The van der Waals surface area contributed by atoms with Crippen LogP contribution in [0.2, 0.25) is 0 Å². The first-order chi connectivity index (χ1) is 8.69. The van der Waals surface area contributed by atoms with Crippen LogP contribution in [0.4, 0.5) is 0 Å². The highest BCUT2D eigenvalue weighted by atomic mass is 16.5. The van der Waals surface area contributed by atoms with Gasteiger partial charge in [-0.3, -0.25) is 0 Å². The fourth-order valence-electron chi connectivity index (χ4n) is 1.43. The van der Waals surface area contributed by atoms with Gasteiger partial charge in [0.15, 0.2) is 0 Å². The first-order valence-corrected chi connectivity index (χ1v) is 5.52. The molecule has 0 amide bonds. The minimum atomic E-state index is -0.542. The Balaban J connectivity index is 2.20. The first-order valence-electron chi connectivity index (χ1n) is 5.52. The van der Waals surface area contributed by atoms with Gasteiger partial charge in [0.1, 0.15) is 5.75 Å². The molecule has 0 aliphatic carbocycles. The van der Waals surface area contributed by atoms with Crippen molar-refractivity contribution in [1.29, 1.82) is 0 Å². The Morgan fingerprint density at radius 2 is 2.11 bits per heavy atom. The van der Waals surface area contributed by atoms with Crippen LogP contribution in [-0.2, 0) is 0 Å². The van der Waals surface area contributed by atoms with Gasteiger partial charge in [0.25, 0.3) is 0 Å². The SMILES string of the molecule is COc1ccnc(Oc2cccc([C@H](C)O)c2)n1. The second-order valence-electron chi connectivity index (χ2n) is 3.73. The van der Waals surface area contributed by atoms with Crippen molar-refractivity contribution in [1.82, 2.24) is 9.97 Å². The largest absolute Gasteiger partial charge is 0.481 e. The molecule has 0 aliphatic heterocycles. The monoisotopic (exact) mass is 246 g/mol. The van der Waals surface area contributed by atoms with Gasteiger partial charge < -0.3 is 14.6 Å². The van der Waals surface area contributed by atoms with Crippen LogP contribution in [0.1, 0.15) is 18.6 Å². The van der Waals surface area contributed by atoms with Gasteiger partial charge in [0, 0.05) is 12.3 Å². The molecule has 18 heavy (non-hydrogen) atoms. The number of benzene rings is 1. The van der Waals surface area contributed by atoms with Gasteiger partial charge in [0.05, 0.1) is 13.2 Å². The lowest BCUT2D eigenvalue weighted by molar-refractivity contribution is 0.199. The Morgan fingerprint density at radius 1 is 1.28 bits per heavy atom. The zero-order valence-corrected chi connectivity index (χ0v) is 10.2. The molecule has 5 heteroatoms. The van der Waals surface area contributed by atoms with E-state index in [1.165, 1.54) is 7.11 Å². The third kappa shape index (κ3) is 2.95. The molecular formula is C13H14N2O3. The summed E-state index contributed by atoms with van der Waals surface area (Å²) in [6, 6.07) is 8.99. The van der Waals surface area contributed by atoms with Crippen molar-refractivity contribution in [2.75, 3.05) is 7.11 Å². The number of hydrogen-bond acceptors (Lipinski definition) is 5. The molecule has 0 bridgehead atoms. The maximum absolute atomic E-state index is 9.49. The zero-order valence-electron chi connectivity index (χ0n) is 10.2. The number of methoxy groups -OCH3 is 1. The maximum Gasteiger partial charge on any atom is 0.325 e. The predicted molar refractivity (Wildman–Crippen MR) is 65.7 cm³/mol. The Bertz CT molecular complexity index is 529. The van der Waals surface area contributed by atoms with Crippen LogP contribution >= 0.6 is 0 Å². The Kier molecular flexibility index (Phi) is 3.74. The van der Waals surface area contributed by atoms with Crippen molar-refractivity contribution in [3.05, 3.63) is 42.1 Å². The van der Waals surface area contributed by atoms with E-state index in [9.17, 15) is 5.11 Å². The number of hydrogen-bond donors (Lipinski definition) is 1. The fourth-order valence-corrected chi connectivity index (χ4v) is 1.43. The molecule has 0 spiro atoms. The van der Waals surface area contributed by atoms with Crippen LogP contribution in [-0.4, -0.2) is 22.2 Å². The zero-order chi connectivity index (χ0) is 13.0. The summed E-state index contributed by atoms with van der Waals surface area (Å²) >= 11 is 0. The van der Waals surface area contributed by atoms with E-state index in [1.807, 2.05) is 6.07 Å². The summed E-state index contributed by atoms with van der Waals surface area (Å²) in [6.45, 7) is 1.70. The van der Waals surface area contributed by atoms with Crippen LogP contribution in [0.3, 0.4) is 0 Å². The van der Waals surface area contributed by atoms with Gasteiger partial charge in [-0.2, -0.15) is 4.98 Å². The Morgan fingerprint density at radius 3 is 2.83 bits per heavy atom. The standard InChI is InChI=1S/C13H14N2O3/c1-9(16)10-4-3-5-11(8-10)18-13-14-7-6-12(15-13)17-2/h3-9,16H,1-2H3/t9-/m0/s1. The van der Waals surface area contributed by atoms with Crippen LogP contribution in [0.25, 0.3) is 0 Å². The highest BCUT2D eigenvalue weighted by Gasteiger charge is 2.05. The average molecular weight is 246 g/mol. The summed E-state index contributed by atoms with van der Waals surface area (Å²) in [4.78, 5) is 8.02. The van der Waals surface area contributed by atoms with Crippen LogP contribution in [0.15, 0.2) is 36.5 Å². The number of aliphatic hydroxyl groups is 1. The topological polar surface area (TPSA) is 64.5 Å². The number of rotatable bonds is 4. The highest BCUT2D eigenvalue weighted by molar-refractivity contribution is 5.31. The molecule has 0 fully saturated rings. The van der Waals surface area contributed by atoms with Gasteiger partial charge >= 0.3 is 6.01 Å². The molecule has 5 nitrogen and oxygen atoms in total. The second kappa shape index (κ2) is 5.46. The van der Waals surface area contributed by atoms with Crippen LogP contribution in [0.5, 0.6) is 17.6 Å². The van der Waals surface area contributed by atoms with Crippen LogP contribution < -0.4 is 9.47 Å². The highest BCUT2D eigenvalue weighted by Crippen LogP contribution is 2.23. The van der Waals surface area contributed by atoms with Gasteiger partial charge in [-0.25, -0.2) is 4.98 Å². The van der Waals surface area contributed by atoms with Crippen molar-refractivity contribution in [2.45, 2.75) is 13.0 Å². The molecule has 0 saturated carbocycles. The summed E-state index contributed by atoms with van der Waals surface area (Å²) < 4.78 is 10.5. The van der Waals surface area contributed by atoms with Crippen molar-refractivity contribution in [2.24, 2.45) is 0 Å². The first kappa shape index (κ1) is 12.3. The third-order valence-electron chi connectivity index (χ3n) is 2.37. The van der Waals surface area contributed by atoms with E-state index in [1.54, 1.807) is 37.4 Å². The van der Waals surface area contributed by atoms with Crippen molar-refractivity contribution < 1.29 is 14.6 Å². The lowest BCUT2D eigenvalue weighted by Gasteiger charge is -2.08. The lowest BCUT2D eigenvalue weighted by atomic mass is 10.1. The van der Waals surface area contributed by atoms with E-state index in [0.717, 1.165) is 5.56 Å². The molecule has 1 atom stereocenters. The second-order valence-corrected chi connectivity index (χ2v) is 3.73. The third-order valence-corrected chi connectivity index (χ3v) is 2.37. The summed E-state index contributed by atoms with van der Waals surface area (Å²) in [5.74, 6) is 1.01. The molecule has 0 aliphatic rings. The molecule has 2 rings (SSSR count). The van der Waals surface area contributed by atoms with E-state index in [4.69, 9.17) is 9.47 Å². The number of aromatic nitrogens is 2. The molecule has 1 N–H and O–H groups in total. The number of ether oxygens (including phenoxy) is 2. The van der Waals surface area contributed by atoms with E-state index in [2.05, 4.69) is 9.97 Å². The Hall–Kier alpha value is -2.14. The van der Waals surface area contributed by atoms with Gasteiger partial charge in [-0.15, -0.1) is 0 Å². The summed E-state index contributed by atoms with van der Waals surface area (Å²) in [5, 5.41) is 9.49. The fraction of sp³-hybridized carbons (Fsp3) is 0.231. The van der Waals surface area contributed by atoms with Crippen molar-refractivity contribution in [3.63, 3.8) is 0 Å². The molecule has 1 aromatic carbocycles. The maximum atomic E-state index is 9.49. The van der Waals surface area contributed by atoms with Crippen molar-refractivity contribution in [3.8, 4) is 17.6 Å². The summed E-state index contributed by atoms with van der Waals surface area (Å²) in [5.41, 5.74) is 0.774. The van der Waals surface area contributed by atoms with E-state index < -0.39 is 6.10 Å². The van der Waals surface area contributed by atoms with Gasteiger partial charge in [0.2, 0.25) is 5.88 Å². The Labute approximate surface area is 105 Å². The molecule has 2 aromatic rings. The smallest absolute Gasteiger partial charge is 0.325 e. The minimum absolute atomic E-state index is 0.206. The molecule has 1 aromatic heterocycles. The molecular weight excluding hydrogens is 232 g/mol. The molecule has 94 valence electrons. The van der Waals surface area contributed by atoms with Gasteiger partial charge in [-0.05, 0) is 24.6 Å². The van der Waals surface area contributed by atoms with Crippen molar-refractivity contribution >= 4 is 0 Å². The van der Waals surface area contributed by atoms with Gasteiger partial charge in [-0.1, -0.05) is 12.1 Å². The summed E-state index contributed by atoms with van der Waals surface area (Å²) in [6.07, 6.45) is 1.01. The quantitative estimate of drug-likeness (QED) is 0.896. The minimum Gasteiger partial charge on any atom is -0.481 e. The lowest BCUT2D eigenvalue weighted by Crippen LogP contribution is -1.96. The molecule has 0 radical (unpaired) electrons. The average Bonchev–Trinajstić information content (AvgIpc) is 2.39. The molecule has 0 saturated heterocycles. The van der Waals surface area contributed by atoms with E-state index in [0.29, 0.717) is 11.6 Å². The van der Waals surface area contributed by atoms with Crippen LogP contribution in [0, 0.1) is 0 Å².